The van der Waals surface area contributed by atoms with Crippen LogP contribution in [0.1, 0.15) is 31.5 Å². The number of hydrogen-bond donors (Lipinski definition) is 2. The highest BCUT2D eigenvalue weighted by Crippen LogP contribution is 2.49. The molecule has 0 radical (unpaired) electrons. The van der Waals surface area contributed by atoms with Gasteiger partial charge < -0.3 is 10.3 Å². The monoisotopic (exact) mass is 233 g/mol. The summed E-state index contributed by atoms with van der Waals surface area (Å²) in [7, 11) is 0. The van der Waals surface area contributed by atoms with Crippen LogP contribution in [0.25, 0.3) is 0 Å². The van der Waals surface area contributed by atoms with Crippen LogP contribution >= 0.6 is 0 Å². The summed E-state index contributed by atoms with van der Waals surface area (Å²) < 4.78 is 0. The molecule has 2 aliphatic carbocycles. The maximum Gasteiger partial charge on any atom is 0.252 e. The first-order chi connectivity index (χ1) is 8.22. The molecule has 17 heavy (non-hydrogen) atoms. The van der Waals surface area contributed by atoms with Gasteiger partial charge in [-0.25, -0.2) is 4.98 Å². The molecule has 4 heteroatoms. The molecule has 0 atom stereocenters. The highest BCUT2D eigenvalue weighted by atomic mass is 16.1. The second-order valence-electron chi connectivity index (χ2n) is 5.44. The third-order valence-corrected chi connectivity index (χ3v) is 3.83. The summed E-state index contributed by atoms with van der Waals surface area (Å²) >= 11 is 0. The van der Waals surface area contributed by atoms with Gasteiger partial charge in [-0.05, 0) is 50.4 Å². The molecule has 3 rings (SSSR count). The number of aromatic amines is 1. The first-order valence-corrected chi connectivity index (χ1v) is 6.54. The van der Waals surface area contributed by atoms with Crippen molar-refractivity contribution in [3.8, 4) is 0 Å². The Kier molecular flexibility index (Phi) is 2.65. The molecule has 1 aromatic heterocycles. The summed E-state index contributed by atoms with van der Waals surface area (Å²) in [4.78, 5) is 18.3. The zero-order valence-electron chi connectivity index (χ0n) is 10.2. The fraction of sp³-hybridized carbons (Fsp3) is 0.692. The van der Waals surface area contributed by atoms with Gasteiger partial charge in [0.25, 0.3) is 5.56 Å². The number of aryl methyl sites for hydroxylation is 1. The van der Waals surface area contributed by atoms with Crippen molar-refractivity contribution in [3.63, 3.8) is 0 Å². The van der Waals surface area contributed by atoms with Crippen molar-refractivity contribution >= 4 is 5.82 Å². The van der Waals surface area contributed by atoms with Gasteiger partial charge in [0, 0.05) is 12.6 Å². The lowest BCUT2D eigenvalue weighted by Crippen LogP contribution is -2.20. The van der Waals surface area contributed by atoms with Crippen molar-refractivity contribution < 1.29 is 0 Å². The number of anilines is 1. The number of hydrogen-bond acceptors (Lipinski definition) is 3. The van der Waals surface area contributed by atoms with Gasteiger partial charge in [-0.3, -0.25) is 4.79 Å². The van der Waals surface area contributed by atoms with E-state index in [0.717, 1.165) is 30.1 Å². The minimum absolute atomic E-state index is 0.0746. The van der Waals surface area contributed by atoms with Crippen molar-refractivity contribution in [2.45, 2.75) is 32.6 Å². The Balaban J connectivity index is 1.63. The van der Waals surface area contributed by atoms with Crippen LogP contribution in [0.4, 0.5) is 5.82 Å². The van der Waals surface area contributed by atoms with E-state index in [1.165, 1.54) is 25.7 Å². The van der Waals surface area contributed by atoms with E-state index in [2.05, 4.69) is 15.3 Å². The highest BCUT2D eigenvalue weighted by Gasteiger charge is 2.40. The molecule has 0 saturated heterocycles. The number of rotatable bonds is 5. The van der Waals surface area contributed by atoms with Gasteiger partial charge in [0.15, 0.2) is 0 Å². The Morgan fingerprint density at radius 1 is 1.41 bits per heavy atom. The topological polar surface area (TPSA) is 57.8 Å². The molecule has 0 unspecified atom stereocenters. The van der Waals surface area contributed by atoms with Gasteiger partial charge >= 0.3 is 0 Å². The van der Waals surface area contributed by atoms with Crippen LogP contribution in [-0.2, 0) is 0 Å². The predicted octanol–water partition coefficient (Wildman–Crippen LogP) is 1.93. The van der Waals surface area contributed by atoms with Crippen molar-refractivity contribution in [2.24, 2.45) is 17.8 Å². The zero-order valence-corrected chi connectivity index (χ0v) is 10.2. The zero-order chi connectivity index (χ0) is 11.8. The summed E-state index contributed by atoms with van der Waals surface area (Å²) in [6.07, 6.45) is 5.57. The molecule has 0 amide bonds. The quantitative estimate of drug-likeness (QED) is 0.817. The molecule has 1 heterocycles. The number of H-pyrrole nitrogens is 1. The van der Waals surface area contributed by atoms with Gasteiger partial charge in [-0.15, -0.1) is 0 Å². The van der Waals surface area contributed by atoms with E-state index in [0.29, 0.717) is 5.82 Å². The molecular weight excluding hydrogens is 214 g/mol. The average molecular weight is 233 g/mol. The molecule has 1 aromatic rings. The van der Waals surface area contributed by atoms with Crippen molar-refractivity contribution in [1.29, 1.82) is 0 Å². The maximum absolute atomic E-state index is 11.3. The summed E-state index contributed by atoms with van der Waals surface area (Å²) in [6, 6.07) is 1.55. The molecule has 2 saturated carbocycles. The highest BCUT2D eigenvalue weighted by molar-refractivity contribution is 5.33. The second-order valence-corrected chi connectivity index (χ2v) is 5.44. The third kappa shape index (κ3) is 2.68. The van der Waals surface area contributed by atoms with E-state index in [1.807, 2.05) is 6.92 Å². The van der Waals surface area contributed by atoms with Gasteiger partial charge in [-0.2, -0.15) is 0 Å². The molecule has 0 bridgehead atoms. The second kappa shape index (κ2) is 4.17. The van der Waals surface area contributed by atoms with Gasteiger partial charge in [-0.1, -0.05) is 0 Å². The first kappa shape index (κ1) is 10.8. The molecule has 2 aliphatic rings. The van der Waals surface area contributed by atoms with E-state index < -0.39 is 0 Å². The average Bonchev–Trinajstić information content (AvgIpc) is 3.12. The van der Waals surface area contributed by atoms with E-state index in [9.17, 15) is 4.79 Å². The van der Waals surface area contributed by atoms with Crippen molar-refractivity contribution in [1.82, 2.24) is 9.97 Å². The van der Waals surface area contributed by atoms with Crippen molar-refractivity contribution in [2.75, 3.05) is 11.9 Å². The fourth-order valence-corrected chi connectivity index (χ4v) is 2.66. The SMILES string of the molecule is Cc1nc(NCC(C2CC2)C2CC2)cc(=O)[nH]1. The summed E-state index contributed by atoms with van der Waals surface area (Å²) in [5.41, 5.74) is -0.0746. The van der Waals surface area contributed by atoms with Gasteiger partial charge in [0.1, 0.15) is 11.6 Å². The van der Waals surface area contributed by atoms with E-state index in [1.54, 1.807) is 6.07 Å². The molecule has 0 spiro atoms. The summed E-state index contributed by atoms with van der Waals surface area (Å²) in [6.45, 7) is 2.79. The van der Waals surface area contributed by atoms with Crippen LogP contribution < -0.4 is 10.9 Å². The molecular formula is C13H19N3O. The lowest BCUT2D eigenvalue weighted by Gasteiger charge is -2.16. The fourth-order valence-electron chi connectivity index (χ4n) is 2.66. The molecule has 0 aliphatic heterocycles. The van der Waals surface area contributed by atoms with Crippen LogP contribution in [0, 0.1) is 24.7 Å². The molecule has 92 valence electrons. The van der Waals surface area contributed by atoms with Crippen LogP contribution in [0.3, 0.4) is 0 Å². The molecule has 0 aromatic carbocycles. The largest absolute Gasteiger partial charge is 0.370 e. The van der Waals surface area contributed by atoms with Crippen molar-refractivity contribution in [3.05, 3.63) is 22.2 Å². The van der Waals surface area contributed by atoms with Gasteiger partial charge in [0.05, 0.1) is 0 Å². The number of nitrogens with one attached hydrogen (secondary N) is 2. The minimum Gasteiger partial charge on any atom is -0.370 e. The van der Waals surface area contributed by atoms with Crippen LogP contribution in [0.2, 0.25) is 0 Å². The Hall–Kier alpha value is -1.32. The Morgan fingerprint density at radius 3 is 2.59 bits per heavy atom. The normalized spacial score (nSPS) is 19.6. The van der Waals surface area contributed by atoms with Crippen LogP contribution in [-0.4, -0.2) is 16.5 Å². The molecule has 4 nitrogen and oxygen atoms in total. The third-order valence-electron chi connectivity index (χ3n) is 3.83. The number of aromatic nitrogens is 2. The van der Waals surface area contributed by atoms with Gasteiger partial charge in [0.2, 0.25) is 0 Å². The van der Waals surface area contributed by atoms with E-state index >= 15 is 0 Å². The first-order valence-electron chi connectivity index (χ1n) is 6.54. The predicted molar refractivity (Wildman–Crippen MR) is 67.0 cm³/mol. The lowest BCUT2D eigenvalue weighted by molar-refractivity contribution is 0.427. The Bertz CT molecular complexity index is 448. The Labute approximate surface area is 101 Å². The van der Waals surface area contributed by atoms with Crippen LogP contribution in [0.15, 0.2) is 10.9 Å². The minimum atomic E-state index is -0.0746. The smallest absolute Gasteiger partial charge is 0.252 e. The van der Waals surface area contributed by atoms with E-state index in [-0.39, 0.29) is 5.56 Å². The molecule has 2 N–H and O–H groups in total. The van der Waals surface area contributed by atoms with Crippen LogP contribution in [0.5, 0.6) is 0 Å². The molecule has 2 fully saturated rings. The Morgan fingerprint density at radius 2 is 2.06 bits per heavy atom. The standard InChI is InChI=1S/C13H19N3O/c1-8-15-12(6-13(17)16-8)14-7-11(9-2-3-9)10-4-5-10/h6,9-11H,2-5,7H2,1H3,(H2,14,15,16,17). The lowest BCUT2D eigenvalue weighted by atomic mass is 9.98. The summed E-state index contributed by atoms with van der Waals surface area (Å²) in [5, 5.41) is 3.34. The number of nitrogens with zero attached hydrogens (tertiary/aromatic N) is 1. The maximum atomic E-state index is 11.3. The summed E-state index contributed by atoms with van der Waals surface area (Å²) in [5.74, 6) is 4.06. The van der Waals surface area contributed by atoms with E-state index in [4.69, 9.17) is 0 Å².